The Morgan fingerprint density at radius 2 is 2.15 bits per heavy atom. The average Bonchev–Trinajstić information content (AvgIpc) is 3.60. The Morgan fingerprint density at radius 1 is 1.44 bits per heavy atom. The summed E-state index contributed by atoms with van der Waals surface area (Å²) >= 11 is 1.39. The van der Waals surface area contributed by atoms with Crippen molar-refractivity contribution >= 4 is 45.0 Å². The second-order valence-corrected chi connectivity index (χ2v) is 12.7. The predicted molar refractivity (Wildman–Crippen MR) is 168 cm³/mol. The van der Waals surface area contributed by atoms with Crippen molar-refractivity contribution in [3.63, 3.8) is 0 Å². The molecule has 8 nitrogen and oxygen atoms in total. The Kier molecular flexibility index (Phi) is 13.7. The highest BCUT2D eigenvalue weighted by atomic mass is 32.2. The van der Waals surface area contributed by atoms with Crippen LogP contribution in [0.3, 0.4) is 0 Å². The number of hydrogen-bond donors (Lipinski definition) is 2. The van der Waals surface area contributed by atoms with Crippen molar-refractivity contribution in [2.45, 2.75) is 49.5 Å². The van der Waals surface area contributed by atoms with Gasteiger partial charge >= 0.3 is 5.97 Å². The number of allylic oxidation sites excluding steroid dienone is 2. The van der Waals surface area contributed by atoms with Crippen LogP contribution in [0.1, 0.15) is 32.3 Å². The first-order valence-electron chi connectivity index (χ1n) is 13.4. The Hall–Kier alpha value is -3.02. The monoisotopic (exact) mass is 606 g/mol. The first kappa shape index (κ1) is 34.2. The molecule has 1 aliphatic heterocycles. The zero-order valence-corrected chi connectivity index (χ0v) is 26.3. The summed E-state index contributed by atoms with van der Waals surface area (Å²) in [4.78, 5) is 19.8. The lowest BCUT2D eigenvalue weighted by Crippen LogP contribution is -2.41. The van der Waals surface area contributed by atoms with E-state index in [9.17, 15) is 18.5 Å². The number of thiazole rings is 1. The van der Waals surface area contributed by atoms with Gasteiger partial charge in [0, 0.05) is 30.1 Å². The zero-order valence-electron chi connectivity index (χ0n) is 24.6. The van der Waals surface area contributed by atoms with E-state index in [2.05, 4.69) is 25.1 Å². The van der Waals surface area contributed by atoms with Gasteiger partial charge in [-0.1, -0.05) is 43.1 Å². The minimum atomic E-state index is -0.981. The van der Waals surface area contributed by atoms with Gasteiger partial charge in [0.1, 0.15) is 22.2 Å². The van der Waals surface area contributed by atoms with Crippen LogP contribution in [0, 0.1) is 5.92 Å². The smallest absolute Gasteiger partial charge is 0.321 e. The van der Waals surface area contributed by atoms with Gasteiger partial charge in [0.15, 0.2) is 5.13 Å². The minimum Gasteiger partial charge on any atom is -0.496 e. The summed E-state index contributed by atoms with van der Waals surface area (Å²) in [6.45, 7) is 13.2. The number of aliphatic carboxylic acids is 1. The van der Waals surface area contributed by atoms with Crippen LogP contribution in [-0.2, 0) is 22.0 Å². The molecular formula is C30H43FN4O4S2. The number of alkyl halides is 1. The number of hydrogen-bond acceptors (Lipinski definition) is 8. The van der Waals surface area contributed by atoms with E-state index in [0.29, 0.717) is 49.8 Å². The van der Waals surface area contributed by atoms with Gasteiger partial charge in [-0.3, -0.25) is 13.9 Å². The molecule has 2 heterocycles. The number of rotatable bonds is 12. The number of nitrogens with zero attached hydrogens (tertiary/aromatic N) is 3. The summed E-state index contributed by atoms with van der Waals surface area (Å²) < 4.78 is 30.3. The van der Waals surface area contributed by atoms with Crippen molar-refractivity contribution in [2.75, 3.05) is 44.9 Å². The van der Waals surface area contributed by atoms with Gasteiger partial charge in [0.25, 0.3) is 0 Å². The number of carboxylic acids is 1. The summed E-state index contributed by atoms with van der Waals surface area (Å²) in [5, 5.41) is 12.3. The van der Waals surface area contributed by atoms with Crippen LogP contribution >= 0.6 is 11.3 Å². The molecule has 1 fully saturated rings. The third-order valence-corrected chi connectivity index (χ3v) is 9.38. The topological polar surface area (TPSA) is 109 Å². The van der Waals surface area contributed by atoms with Crippen LogP contribution in [0.5, 0.6) is 5.75 Å². The number of aromatic nitrogens is 1. The molecule has 41 heavy (non-hydrogen) atoms. The van der Waals surface area contributed by atoms with Crippen LogP contribution in [-0.4, -0.2) is 77.4 Å². The quantitative estimate of drug-likeness (QED) is 0.355. The molecule has 1 aromatic carbocycles. The Morgan fingerprint density at radius 3 is 2.63 bits per heavy atom. The summed E-state index contributed by atoms with van der Waals surface area (Å²) in [6.07, 6.45) is 9.69. The molecular weight excluding hydrogens is 563 g/mol. The van der Waals surface area contributed by atoms with Gasteiger partial charge < -0.3 is 20.5 Å². The van der Waals surface area contributed by atoms with E-state index in [0.717, 1.165) is 31.8 Å². The van der Waals surface area contributed by atoms with Crippen LogP contribution < -0.4 is 25.8 Å². The third kappa shape index (κ3) is 10.1. The van der Waals surface area contributed by atoms with Crippen molar-refractivity contribution < 1.29 is 23.2 Å². The Balaban J connectivity index is 0.000000348. The molecule has 4 atom stereocenters. The van der Waals surface area contributed by atoms with Crippen LogP contribution in [0.25, 0.3) is 11.8 Å². The normalized spacial score (nSPS) is 18.3. The highest BCUT2D eigenvalue weighted by molar-refractivity contribution is 7.86. The number of halogens is 1. The maximum absolute atomic E-state index is 12.9. The summed E-state index contributed by atoms with van der Waals surface area (Å²) in [6, 6.07) is 3.14. The maximum Gasteiger partial charge on any atom is 0.321 e. The fraction of sp³-hybridized carbons (Fsp3) is 0.467. The number of carbonyl (C=O) groups is 1. The lowest BCUT2D eigenvalue weighted by atomic mass is 10.00. The highest BCUT2D eigenvalue weighted by Crippen LogP contribution is 2.28. The predicted octanol–water partition coefficient (Wildman–Crippen LogP) is 3.32. The second kappa shape index (κ2) is 16.4. The molecule has 1 unspecified atom stereocenters. The van der Waals surface area contributed by atoms with Crippen molar-refractivity contribution in [1.82, 2.24) is 9.88 Å². The highest BCUT2D eigenvalue weighted by Gasteiger charge is 2.25. The molecule has 0 aliphatic carbocycles. The Labute approximate surface area is 249 Å². The SMILES string of the molecule is C=C/C=c1/cc(C[C@H](C(=O)O)N(C)CC[C@H](C)C=C)c(OC)c/c1=C(/C)N.CS(=O)c1cnc(N2CC[C@@H](F)C2)s1. The van der Waals surface area contributed by atoms with Gasteiger partial charge in [-0.25, -0.2) is 9.37 Å². The first-order valence-corrected chi connectivity index (χ1v) is 15.8. The van der Waals surface area contributed by atoms with Crippen molar-refractivity contribution in [1.29, 1.82) is 0 Å². The van der Waals surface area contributed by atoms with Crippen molar-refractivity contribution in [2.24, 2.45) is 11.7 Å². The number of anilines is 1. The summed E-state index contributed by atoms with van der Waals surface area (Å²) in [5.41, 5.74) is 7.48. The number of likely N-dealkylation sites (N-methyl/N-ethyl adjacent to an activating group) is 1. The molecule has 3 rings (SSSR count). The number of nitrogens with two attached hydrogens (primary N) is 1. The van der Waals surface area contributed by atoms with Crippen LogP contribution in [0.15, 0.2) is 47.8 Å². The van der Waals surface area contributed by atoms with Crippen LogP contribution in [0.4, 0.5) is 9.52 Å². The standard InChI is InChI=1S/C22H32N2O3.C8H11FN2OS2/c1-7-9-17-12-18(21(27-6)14-19(17)16(4)23)13-20(22(25)26)24(5)11-10-15(3)8-2;1-14(12)7-4-10-8(13-7)11-3-2-6(9)5-11/h7-9,12,14-15,20H,1-2,10-11,13,23H2,3-6H3,(H,25,26);4,6H,2-3,5H2,1H3/b17-9-,19-16+;/t15-,20-;6-,14?/m11/s1. The van der Waals surface area contributed by atoms with Gasteiger partial charge in [0.05, 0.1) is 30.7 Å². The summed E-state index contributed by atoms with van der Waals surface area (Å²) in [7, 11) is 2.44. The molecule has 0 spiro atoms. The molecule has 0 amide bonds. The minimum absolute atomic E-state index is 0.333. The van der Waals surface area contributed by atoms with E-state index in [-0.39, 0.29) is 0 Å². The molecule has 1 saturated heterocycles. The van der Waals surface area contributed by atoms with E-state index in [4.69, 9.17) is 10.5 Å². The first-order chi connectivity index (χ1) is 19.4. The lowest BCUT2D eigenvalue weighted by molar-refractivity contribution is -0.142. The van der Waals surface area contributed by atoms with E-state index < -0.39 is 29.0 Å². The largest absolute Gasteiger partial charge is 0.496 e. The summed E-state index contributed by atoms with van der Waals surface area (Å²) in [5.74, 6) is 0.119. The van der Waals surface area contributed by atoms with Crippen molar-refractivity contribution in [3.05, 3.63) is 59.6 Å². The van der Waals surface area contributed by atoms with Crippen LogP contribution in [0.2, 0.25) is 0 Å². The fourth-order valence-corrected chi connectivity index (χ4v) is 5.92. The second-order valence-electron chi connectivity index (χ2n) is 10.1. The van der Waals surface area contributed by atoms with Gasteiger partial charge in [-0.2, -0.15) is 0 Å². The van der Waals surface area contributed by atoms with E-state index in [1.54, 1.807) is 25.6 Å². The lowest BCUT2D eigenvalue weighted by Gasteiger charge is -2.26. The van der Waals surface area contributed by atoms with Crippen molar-refractivity contribution in [3.8, 4) is 5.75 Å². The zero-order chi connectivity index (χ0) is 30.7. The van der Waals surface area contributed by atoms with E-state index in [1.165, 1.54) is 11.3 Å². The van der Waals surface area contributed by atoms with Gasteiger partial charge in [-0.15, -0.1) is 6.58 Å². The molecule has 2 aromatic rings. The number of benzene rings is 1. The maximum atomic E-state index is 12.9. The van der Waals surface area contributed by atoms with E-state index >= 15 is 0 Å². The van der Waals surface area contributed by atoms with E-state index in [1.807, 2.05) is 48.1 Å². The number of carboxylic acid groups (broad SMARTS) is 1. The molecule has 1 aliphatic rings. The third-order valence-electron chi connectivity index (χ3n) is 6.90. The molecule has 0 saturated carbocycles. The molecule has 226 valence electrons. The number of ether oxygens (including phenoxy) is 1. The Bertz CT molecular complexity index is 1340. The molecule has 1 aromatic heterocycles. The van der Waals surface area contributed by atoms with Gasteiger partial charge in [0.2, 0.25) is 0 Å². The van der Waals surface area contributed by atoms with Gasteiger partial charge in [-0.05, 0) is 62.2 Å². The fourth-order valence-electron chi connectivity index (χ4n) is 4.34. The average molecular weight is 607 g/mol. The molecule has 11 heteroatoms. The number of methoxy groups -OCH3 is 1. The molecule has 0 bridgehead atoms. The molecule has 3 N–H and O–H groups in total. The molecule has 0 radical (unpaired) electrons.